The standard InChI is InChI=1S/C17H30O4/c1-2-3-4-6-9-12-15(19)17(21)16(20)13-10-7-5-8-11-14-18/h6,9,14-15,17,19,21H,2-5,7-8,10-13H2,1H3/b9-6-/t15-,17+/m0/s1. The zero-order valence-corrected chi connectivity index (χ0v) is 13.2. The van der Waals surface area contributed by atoms with Crippen molar-refractivity contribution in [2.75, 3.05) is 0 Å². The SMILES string of the molecule is CCCC/C=C\C[C@H](O)[C@@H](O)C(=O)CCCCCCC=O. The number of allylic oxidation sites excluding steroid dienone is 1. The van der Waals surface area contributed by atoms with Crippen LogP contribution in [-0.4, -0.2) is 34.5 Å². The summed E-state index contributed by atoms with van der Waals surface area (Å²) in [4.78, 5) is 21.9. The second-order valence-corrected chi connectivity index (χ2v) is 5.45. The van der Waals surface area contributed by atoms with Crippen molar-refractivity contribution in [1.29, 1.82) is 0 Å². The van der Waals surface area contributed by atoms with Gasteiger partial charge in [-0.2, -0.15) is 0 Å². The van der Waals surface area contributed by atoms with Crippen molar-refractivity contribution in [3.8, 4) is 0 Å². The maximum absolute atomic E-state index is 11.7. The number of aliphatic hydroxyl groups is 2. The average molecular weight is 298 g/mol. The van der Waals surface area contributed by atoms with Crippen LogP contribution in [0.4, 0.5) is 0 Å². The van der Waals surface area contributed by atoms with Gasteiger partial charge in [0.05, 0.1) is 6.10 Å². The molecule has 0 aromatic rings. The third-order valence-corrected chi connectivity index (χ3v) is 3.46. The van der Waals surface area contributed by atoms with Crippen molar-refractivity contribution in [2.24, 2.45) is 0 Å². The summed E-state index contributed by atoms with van der Waals surface area (Å²) in [6, 6.07) is 0. The molecule has 0 unspecified atom stereocenters. The van der Waals surface area contributed by atoms with Crippen molar-refractivity contribution in [3.63, 3.8) is 0 Å². The van der Waals surface area contributed by atoms with Crippen LogP contribution in [0.5, 0.6) is 0 Å². The van der Waals surface area contributed by atoms with Gasteiger partial charge in [-0.25, -0.2) is 0 Å². The van der Waals surface area contributed by atoms with E-state index in [4.69, 9.17) is 0 Å². The number of hydrogen-bond acceptors (Lipinski definition) is 4. The van der Waals surface area contributed by atoms with E-state index in [1.807, 2.05) is 12.2 Å². The molecule has 0 aromatic carbocycles. The smallest absolute Gasteiger partial charge is 0.163 e. The Balaban J connectivity index is 3.75. The molecule has 0 saturated heterocycles. The summed E-state index contributed by atoms with van der Waals surface area (Å²) in [6.45, 7) is 2.12. The molecule has 0 aliphatic carbocycles. The Morgan fingerprint density at radius 3 is 2.38 bits per heavy atom. The van der Waals surface area contributed by atoms with Crippen molar-refractivity contribution in [3.05, 3.63) is 12.2 Å². The van der Waals surface area contributed by atoms with Crippen LogP contribution in [0.15, 0.2) is 12.2 Å². The second kappa shape index (κ2) is 14.0. The Kier molecular flexibility index (Phi) is 13.3. The number of rotatable bonds is 14. The van der Waals surface area contributed by atoms with Gasteiger partial charge in [-0.3, -0.25) is 4.79 Å². The lowest BCUT2D eigenvalue weighted by molar-refractivity contribution is -0.132. The first kappa shape index (κ1) is 20.0. The molecule has 0 heterocycles. The largest absolute Gasteiger partial charge is 0.390 e. The van der Waals surface area contributed by atoms with Crippen molar-refractivity contribution in [2.45, 2.75) is 83.3 Å². The van der Waals surface area contributed by atoms with Crippen LogP contribution in [0.2, 0.25) is 0 Å². The summed E-state index contributed by atoms with van der Waals surface area (Å²) in [5, 5.41) is 19.5. The van der Waals surface area contributed by atoms with Crippen LogP contribution >= 0.6 is 0 Å². The summed E-state index contributed by atoms with van der Waals surface area (Å²) < 4.78 is 0. The van der Waals surface area contributed by atoms with Crippen molar-refractivity contribution < 1.29 is 19.8 Å². The fraction of sp³-hybridized carbons (Fsp3) is 0.765. The minimum Gasteiger partial charge on any atom is -0.390 e. The number of ketones is 1. The molecular formula is C17H30O4. The molecule has 0 aliphatic heterocycles. The van der Waals surface area contributed by atoms with Crippen LogP contribution < -0.4 is 0 Å². The van der Waals surface area contributed by atoms with Gasteiger partial charge in [0.2, 0.25) is 0 Å². The monoisotopic (exact) mass is 298 g/mol. The lowest BCUT2D eigenvalue weighted by atomic mass is 10.0. The Morgan fingerprint density at radius 2 is 1.71 bits per heavy atom. The minimum atomic E-state index is -1.28. The van der Waals surface area contributed by atoms with Gasteiger partial charge in [-0.15, -0.1) is 0 Å². The molecule has 0 spiro atoms. The quantitative estimate of drug-likeness (QED) is 0.294. The molecule has 122 valence electrons. The van der Waals surface area contributed by atoms with E-state index in [9.17, 15) is 19.8 Å². The van der Waals surface area contributed by atoms with E-state index >= 15 is 0 Å². The van der Waals surface area contributed by atoms with E-state index in [0.717, 1.165) is 44.8 Å². The molecule has 0 aliphatic rings. The molecule has 4 heteroatoms. The van der Waals surface area contributed by atoms with Crippen LogP contribution in [0, 0.1) is 0 Å². The van der Waals surface area contributed by atoms with Gasteiger partial charge in [0, 0.05) is 12.8 Å². The summed E-state index contributed by atoms with van der Waals surface area (Å²) in [6.07, 6.45) is 10.2. The molecule has 0 aromatic heterocycles. The highest BCUT2D eigenvalue weighted by atomic mass is 16.3. The van der Waals surface area contributed by atoms with E-state index < -0.39 is 12.2 Å². The second-order valence-electron chi connectivity index (χ2n) is 5.45. The van der Waals surface area contributed by atoms with Crippen LogP contribution in [0.3, 0.4) is 0 Å². The Morgan fingerprint density at radius 1 is 1.00 bits per heavy atom. The lowest BCUT2D eigenvalue weighted by Crippen LogP contribution is -2.33. The Hall–Kier alpha value is -1.00. The first-order valence-electron chi connectivity index (χ1n) is 8.11. The molecule has 0 rings (SSSR count). The fourth-order valence-corrected chi connectivity index (χ4v) is 2.05. The van der Waals surface area contributed by atoms with Gasteiger partial charge >= 0.3 is 0 Å². The van der Waals surface area contributed by atoms with Gasteiger partial charge in [0.15, 0.2) is 5.78 Å². The van der Waals surface area contributed by atoms with Gasteiger partial charge < -0.3 is 15.0 Å². The van der Waals surface area contributed by atoms with E-state index in [1.165, 1.54) is 0 Å². The summed E-state index contributed by atoms with van der Waals surface area (Å²) in [5.41, 5.74) is 0. The number of Topliss-reactive ketones (excluding diaryl/α,β-unsaturated/α-hetero) is 1. The third kappa shape index (κ3) is 11.3. The number of aldehydes is 1. The molecule has 21 heavy (non-hydrogen) atoms. The van der Waals surface area contributed by atoms with Crippen LogP contribution in [0.25, 0.3) is 0 Å². The topological polar surface area (TPSA) is 74.6 Å². The highest BCUT2D eigenvalue weighted by Gasteiger charge is 2.22. The first-order valence-corrected chi connectivity index (χ1v) is 8.11. The van der Waals surface area contributed by atoms with Crippen molar-refractivity contribution in [1.82, 2.24) is 0 Å². The molecule has 0 bridgehead atoms. The zero-order chi connectivity index (χ0) is 15.9. The van der Waals surface area contributed by atoms with E-state index in [1.54, 1.807) is 0 Å². The third-order valence-electron chi connectivity index (χ3n) is 3.46. The maximum Gasteiger partial charge on any atom is 0.163 e. The Bertz CT molecular complexity index is 299. The summed E-state index contributed by atoms with van der Waals surface area (Å²) in [5.74, 6) is -0.292. The number of carbonyl (C=O) groups is 2. The molecule has 2 N–H and O–H groups in total. The molecule has 0 fully saturated rings. The molecule has 0 radical (unpaired) electrons. The van der Waals surface area contributed by atoms with E-state index in [2.05, 4.69) is 6.92 Å². The molecule has 2 atom stereocenters. The normalized spacial score (nSPS) is 14.2. The fourth-order valence-electron chi connectivity index (χ4n) is 2.05. The number of hydrogen-bond donors (Lipinski definition) is 2. The number of unbranched alkanes of at least 4 members (excludes halogenated alkanes) is 6. The Labute approximate surface area is 128 Å². The van der Waals surface area contributed by atoms with Gasteiger partial charge in [0.1, 0.15) is 12.4 Å². The van der Waals surface area contributed by atoms with Crippen molar-refractivity contribution >= 4 is 12.1 Å². The molecule has 4 nitrogen and oxygen atoms in total. The van der Waals surface area contributed by atoms with Gasteiger partial charge in [-0.05, 0) is 25.7 Å². The summed E-state index contributed by atoms with van der Waals surface area (Å²) in [7, 11) is 0. The van der Waals surface area contributed by atoms with Gasteiger partial charge in [0.25, 0.3) is 0 Å². The highest BCUT2D eigenvalue weighted by Crippen LogP contribution is 2.10. The maximum atomic E-state index is 11.7. The number of carbonyl (C=O) groups excluding carboxylic acids is 2. The van der Waals surface area contributed by atoms with Gasteiger partial charge in [-0.1, -0.05) is 44.8 Å². The predicted octanol–water partition coefficient (Wildman–Crippen LogP) is 2.95. The lowest BCUT2D eigenvalue weighted by Gasteiger charge is -2.15. The molecular weight excluding hydrogens is 268 g/mol. The highest BCUT2D eigenvalue weighted by molar-refractivity contribution is 5.83. The van der Waals surface area contributed by atoms with Crippen LogP contribution in [0.1, 0.15) is 71.1 Å². The van der Waals surface area contributed by atoms with Crippen LogP contribution in [-0.2, 0) is 9.59 Å². The zero-order valence-electron chi connectivity index (χ0n) is 13.2. The summed E-state index contributed by atoms with van der Waals surface area (Å²) >= 11 is 0. The minimum absolute atomic E-state index is 0.291. The predicted molar refractivity (Wildman–Crippen MR) is 84.1 cm³/mol. The molecule has 0 amide bonds. The average Bonchev–Trinajstić information content (AvgIpc) is 2.49. The molecule has 0 saturated carbocycles. The number of aliphatic hydroxyl groups excluding tert-OH is 2. The first-order chi connectivity index (χ1) is 10.1. The van der Waals surface area contributed by atoms with E-state index in [-0.39, 0.29) is 5.78 Å². The van der Waals surface area contributed by atoms with E-state index in [0.29, 0.717) is 25.7 Å².